The maximum Gasteiger partial charge on any atom is 0.138 e. The van der Waals surface area contributed by atoms with E-state index in [1.54, 1.807) is 6.07 Å². The molecule has 102 valence electrons. The van der Waals surface area contributed by atoms with Crippen LogP contribution in [0.3, 0.4) is 0 Å². The van der Waals surface area contributed by atoms with Crippen molar-refractivity contribution in [1.29, 1.82) is 0 Å². The van der Waals surface area contributed by atoms with Gasteiger partial charge in [0.05, 0.1) is 4.47 Å². The van der Waals surface area contributed by atoms with E-state index in [1.807, 2.05) is 6.07 Å². The SMILES string of the molecule is CCCC(N)c1ccc(-c2cc(F)c(Br)cc2F)s1. The molecule has 2 rings (SSSR count). The lowest BCUT2D eigenvalue weighted by Gasteiger charge is -2.06. The molecule has 1 atom stereocenters. The fourth-order valence-electron chi connectivity index (χ4n) is 1.86. The number of nitrogens with two attached hydrogens (primary N) is 1. The van der Waals surface area contributed by atoms with E-state index in [2.05, 4.69) is 22.9 Å². The zero-order valence-corrected chi connectivity index (χ0v) is 12.8. The largest absolute Gasteiger partial charge is 0.323 e. The van der Waals surface area contributed by atoms with E-state index in [9.17, 15) is 8.78 Å². The first-order valence-electron chi connectivity index (χ1n) is 6.03. The van der Waals surface area contributed by atoms with Gasteiger partial charge in [-0.05, 0) is 46.6 Å². The van der Waals surface area contributed by atoms with Crippen LogP contribution in [0.5, 0.6) is 0 Å². The van der Waals surface area contributed by atoms with E-state index in [0.717, 1.165) is 23.8 Å². The summed E-state index contributed by atoms with van der Waals surface area (Å²) in [4.78, 5) is 1.70. The predicted molar refractivity (Wildman–Crippen MR) is 79.2 cm³/mol. The van der Waals surface area contributed by atoms with Crippen LogP contribution < -0.4 is 5.73 Å². The Bertz CT molecular complexity index is 583. The van der Waals surface area contributed by atoms with Crippen molar-refractivity contribution in [3.63, 3.8) is 0 Å². The minimum absolute atomic E-state index is 0.0351. The third-order valence-corrected chi connectivity index (χ3v) is 4.73. The normalized spacial score (nSPS) is 12.7. The van der Waals surface area contributed by atoms with Crippen molar-refractivity contribution in [1.82, 2.24) is 0 Å². The molecule has 0 fully saturated rings. The van der Waals surface area contributed by atoms with Crippen molar-refractivity contribution in [2.24, 2.45) is 5.73 Å². The molecule has 19 heavy (non-hydrogen) atoms. The van der Waals surface area contributed by atoms with E-state index in [-0.39, 0.29) is 16.1 Å². The van der Waals surface area contributed by atoms with Crippen molar-refractivity contribution in [2.45, 2.75) is 25.8 Å². The Balaban J connectivity index is 2.35. The van der Waals surface area contributed by atoms with Gasteiger partial charge < -0.3 is 5.73 Å². The second-order valence-corrected chi connectivity index (χ2v) is 6.31. The fourth-order valence-corrected chi connectivity index (χ4v) is 3.24. The Morgan fingerprint density at radius 3 is 2.68 bits per heavy atom. The first kappa shape index (κ1) is 14.6. The van der Waals surface area contributed by atoms with Crippen molar-refractivity contribution >= 4 is 27.3 Å². The number of thiophene rings is 1. The van der Waals surface area contributed by atoms with Gasteiger partial charge in [-0.25, -0.2) is 8.78 Å². The second-order valence-electron chi connectivity index (χ2n) is 4.34. The predicted octanol–water partition coefficient (Wildman–Crippen LogP) is 5.26. The molecule has 0 saturated carbocycles. The Labute approximate surface area is 123 Å². The van der Waals surface area contributed by atoms with Gasteiger partial charge in [0.2, 0.25) is 0 Å². The maximum absolute atomic E-state index is 13.9. The highest BCUT2D eigenvalue weighted by molar-refractivity contribution is 9.10. The molecule has 1 unspecified atom stereocenters. The molecule has 0 aliphatic carbocycles. The lowest BCUT2D eigenvalue weighted by molar-refractivity contribution is 0.597. The molecule has 0 radical (unpaired) electrons. The van der Waals surface area contributed by atoms with Crippen LogP contribution in [0.2, 0.25) is 0 Å². The van der Waals surface area contributed by atoms with Crippen LogP contribution in [0.15, 0.2) is 28.7 Å². The Hall–Kier alpha value is -0.780. The summed E-state index contributed by atoms with van der Waals surface area (Å²) in [6, 6.07) is 6.00. The molecular weight excluding hydrogens is 332 g/mol. The average Bonchev–Trinajstić information content (AvgIpc) is 2.83. The molecule has 0 amide bonds. The number of hydrogen-bond donors (Lipinski definition) is 1. The topological polar surface area (TPSA) is 26.0 Å². The van der Waals surface area contributed by atoms with Crippen LogP contribution in [0.25, 0.3) is 10.4 Å². The van der Waals surface area contributed by atoms with Gasteiger partial charge >= 0.3 is 0 Å². The molecule has 1 aromatic heterocycles. The van der Waals surface area contributed by atoms with Crippen molar-refractivity contribution in [2.75, 3.05) is 0 Å². The molecule has 2 aromatic rings. The first-order chi connectivity index (χ1) is 9.02. The molecule has 0 saturated heterocycles. The highest BCUT2D eigenvalue weighted by atomic mass is 79.9. The quantitative estimate of drug-likeness (QED) is 0.751. The molecule has 0 bridgehead atoms. The zero-order valence-electron chi connectivity index (χ0n) is 10.4. The molecule has 1 heterocycles. The van der Waals surface area contributed by atoms with Gasteiger partial charge in [-0.15, -0.1) is 11.3 Å². The fraction of sp³-hybridized carbons (Fsp3) is 0.286. The van der Waals surface area contributed by atoms with Gasteiger partial charge in [0.1, 0.15) is 11.6 Å². The van der Waals surface area contributed by atoms with E-state index in [4.69, 9.17) is 5.73 Å². The van der Waals surface area contributed by atoms with Crippen molar-refractivity contribution < 1.29 is 8.78 Å². The van der Waals surface area contributed by atoms with Crippen LogP contribution >= 0.6 is 27.3 Å². The first-order valence-corrected chi connectivity index (χ1v) is 7.64. The summed E-state index contributed by atoms with van der Waals surface area (Å²) >= 11 is 4.39. The van der Waals surface area contributed by atoms with Crippen LogP contribution in [0.4, 0.5) is 8.78 Å². The molecule has 0 aliphatic rings. The molecule has 1 nitrogen and oxygen atoms in total. The molecule has 5 heteroatoms. The lowest BCUT2D eigenvalue weighted by Crippen LogP contribution is -2.07. The van der Waals surface area contributed by atoms with E-state index >= 15 is 0 Å². The minimum atomic E-state index is -0.468. The van der Waals surface area contributed by atoms with Gasteiger partial charge in [-0.3, -0.25) is 0 Å². The lowest BCUT2D eigenvalue weighted by atomic mass is 10.1. The Morgan fingerprint density at radius 1 is 1.26 bits per heavy atom. The molecule has 0 spiro atoms. The third-order valence-electron chi connectivity index (χ3n) is 2.87. The highest BCUT2D eigenvalue weighted by Crippen LogP contribution is 2.35. The van der Waals surface area contributed by atoms with E-state index in [1.165, 1.54) is 17.4 Å². The number of benzene rings is 1. The maximum atomic E-state index is 13.9. The molecule has 2 N–H and O–H groups in total. The third kappa shape index (κ3) is 3.22. The van der Waals surface area contributed by atoms with Crippen LogP contribution in [0, 0.1) is 11.6 Å². The van der Waals surface area contributed by atoms with Gasteiger partial charge in [0.15, 0.2) is 0 Å². The summed E-state index contributed by atoms with van der Waals surface area (Å²) < 4.78 is 27.5. The summed E-state index contributed by atoms with van der Waals surface area (Å²) in [7, 11) is 0. The van der Waals surface area contributed by atoms with Crippen molar-refractivity contribution in [3.8, 4) is 10.4 Å². The van der Waals surface area contributed by atoms with E-state index < -0.39 is 11.6 Å². The summed E-state index contributed by atoms with van der Waals surface area (Å²) in [6.45, 7) is 2.07. The Morgan fingerprint density at radius 2 is 2.00 bits per heavy atom. The summed E-state index contributed by atoms with van der Waals surface area (Å²) in [5.74, 6) is -0.907. The van der Waals surface area contributed by atoms with Crippen LogP contribution in [-0.2, 0) is 0 Å². The van der Waals surface area contributed by atoms with Crippen LogP contribution in [-0.4, -0.2) is 0 Å². The van der Waals surface area contributed by atoms with Crippen LogP contribution in [0.1, 0.15) is 30.7 Å². The summed E-state index contributed by atoms with van der Waals surface area (Å²) in [6.07, 6.45) is 1.88. The second kappa shape index (κ2) is 6.11. The molecule has 1 aromatic carbocycles. The average molecular weight is 346 g/mol. The van der Waals surface area contributed by atoms with Crippen molar-refractivity contribution in [3.05, 3.63) is 45.2 Å². The Kier molecular flexibility index (Phi) is 4.71. The monoisotopic (exact) mass is 345 g/mol. The molecular formula is C14H14BrF2NS. The number of halogens is 3. The zero-order chi connectivity index (χ0) is 14.0. The van der Waals surface area contributed by atoms with Gasteiger partial charge in [0.25, 0.3) is 0 Å². The number of rotatable bonds is 4. The summed E-state index contributed by atoms with van der Waals surface area (Å²) in [5, 5.41) is 0. The smallest absolute Gasteiger partial charge is 0.138 e. The van der Waals surface area contributed by atoms with E-state index in [0.29, 0.717) is 4.88 Å². The standard InChI is InChI=1S/C14H14BrF2NS/c1-2-3-12(18)14-5-4-13(19-14)8-6-11(17)9(15)7-10(8)16/h4-7,12H,2-3,18H2,1H3. The van der Waals surface area contributed by atoms with Gasteiger partial charge in [-0.1, -0.05) is 13.3 Å². The highest BCUT2D eigenvalue weighted by Gasteiger charge is 2.14. The minimum Gasteiger partial charge on any atom is -0.323 e. The molecule has 0 aliphatic heterocycles. The van der Waals surface area contributed by atoms with Gasteiger partial charge in [-0.2, -0.15) is 0 Å². The summed E-state index contributed by atoms with van der Waals surface area (Å²) in [5.41, 5.74) is 6.30. The number of hydrogen-bond acceptors (Lipinski definition) is 2. The van der Waals surface area contributed by atoms with Gasteiger partial charge in [0, 0.05) is 21.4 Å².